The van der Waals surface area contributed by atoms with Crippen LogP contribution in [0.3, 0.4) is 0 Å². The Morgan fingerprint density at radius 3 is 1.97 bits per heavy atom. The molecule has 0 radical (unpaired) electrons. The van der Waals surface area contributed by atoms with E-state index in [1.165, 1.54) is 12.3 Å². The van der Waals surface area contributed by atoms with Gasteiger partial charge in [0.1, 0.15) is 0 Å². The van der Waals surface area contributed by atoms with Gasteiger partial charge in [0.05, 0.1) is 5.75 Å². The lowest BCUT2D eigenvalue weighted by Crippen LogP contribution is -2.34. The zero-order chi connectivity index (χ0) is 23.4. The molecule has 1 heterocycles. The van der Waals surface area contributed by atoms with E-state index in [9.17, 15) is 16.8 Å². The second kappa shape index (κ2) is 9.94. The molecule has 6 nitrogen and oxygen atoms in total. The molecule has 0 fully saturated rings. The minimum absolute atomic E-state index is 0.0308. The van der Waals surface area contributed by atoms with Gasteiger partial charge in [-0.2, -0.15) is 4.31 Å². The average Bonchev–Trinajstić information content (AvgIpc) is 2.73. The Kier molecular flexibility index (Phi) is 7.48. The Hall–Kier alpha value is -2.55. The average molecular weight is 473 g/mol. The molecule has 0 N–H and O–H groups in total. The zero-order valence-corrected chi connectivity index (χ0v) is 20.1. The molecule has 170 valence electrons. The highest BCUT2D eigenvalue weighted by atomic mass is 32.2. The smallest absolute Gasteiger partial charge is 0.218 e. The highest BCUT2D eigenvalue weighted by Gasteiger charge is 2.23. The third kappa shape index (κ3) is 6.48. The molecule has 2 aromatic carbocycles. The Labute approximate surface area is 190 Å². The number of aromatic nitrogens is 1. The number of sulfone groups is 1. The van der Waals surface area contributed by atoms with Crippen LogP contribution in [0.1, 0.15) is 25.0 Å². The van der Waals surface area contributed by atoms with Crippen molar-refractivity contribution in [1.82, 2.24) is 9.29 Å². The predicted molar refractivity (Wildman–Crippen MR) is 127 cm³/mol. The van der Waals surface area contributed by atoms with Crippen molar-refractivity contribution in [3.63, 3.8) is 0 Å². The second-order valence-electron chi connectivity index (χ2n) is 8.28. The van der Waals surface area contributed by atoms with Crippen molar-refractivity contribution in [3.8, 4) is 11.1 Å². The lowest BCUT2D eigenvalue weighted by atomic mass is 10.1. The molecule has 0 bridgehead atoms. The topological polar surface area (TPSA) is 84.4 Å². The summed E-state index contributed by atoms with van der Waals surface area (Å²) in [7, 11) is -6.83. The number of benzene rings is 2. The van der Waals surface area contributed by atoms with Crippen molar-refractivity contribution in [2.75, 3.05) is 12.8 Å². The van der Waals surface area contributed by atoms with Crippen LogP contribution in [0.5, 0.6) is 0 Å². The van der Waals surface area contributed by atoms with Gasteiger partial charge in [-0.25, -0.2) is 21.8 Å². The van der Waals surface area contributed by atoms with Gasteiger partial charge >= 0.3 is 0 Å². The summed E-state index contributed by atoms with van der Waals surface area (Å²) in [5.74, 6) is 0.163. The predicted octanol–water partition coefficient (Wildman–Crippen LogP) is 4.14. The normalized spacial score (nSPS) is 12.4. The second-order valence-corrected chi connectivity index (χ2v) is 12.2. The van der Waals surface area contributed by atoms with Gasteiger partial charge in [0, 0.05) is 31.1 Å². The maximum Gasteiger partial charge on any atom is 0.218 e. The van der Waals surface area contributed by atoms with Gasteiger partial charge in [-0.05, 0) is 34.7 Å². The number of pyridine rings is 1. The third-order valence-electron chi connectivity index (χ3n) is 4.92. The first-order valence-electron chi connectivity index (χ1n) is 10.3. The summed E-state index contributed by atoms with van der Waals surface area (Å²) >= 11 is 0. The summed E-state index contributed by atoms with van der Waals surface area (Å²) < 4.78 is 50.9. The molecule has 0 aliphatic carbocycles. The van der Waals surface area contributed by atoms with E-state index in [1.54, 1.807) is 10.4 Å². The molecule has 0 amide bonds. The minimum atomic E-state index is -3.48. The van der Waals surface area contributed by atoms with Crippen molar-refractivity contribution in [2.45, 2.75) is 31.2 Å². The number of rotatable bonds is 9. The zero-order valence-electron chi connectivity index (χ0n) is 18.5. The molecular formula is C24H28N2O4S2. The van der Waals surface area contributed by atoms with E-state index < -0.39 is 19.9 Å². The molecule has 0 spiro atoms. The molecule has 0 aliphatic rings. The highest BCUT2D eigenvalue weighted by molar-refractivity contribution is 7.90. The largest absolute Gasteiger partial charge is 0.244 e. The van der Waals surface area contributed by atoms with Gasteiger partial charge < -0.3 is 0 Å². The molecule has 3 rings (SSSR count). The standard InChI is InChI=1S/C24H28N2O4S2/c1-19(2)16-26(32(29,30)18-21-7-5-4-6-8-21)17-20-9-11-22(12-10-20)23-13-14-24(25-15-23)31(3,27)28/h4-15,19H,16-18H2,1-3H3. The van der Waals surface area contributed by atoms with Gasteiger partial charge in [0.15, 0.2) is 14.9 Å². The van der Waals surface area contributed by atoms with Gasteiger partial charge in [-0.15, -0.1) is 0 Å². The van der Waals surface area contributed by atoms with E-state index in [4.69, 9.17) is 0 Å². The van der Waals surface area contributed by atoms with Crippen LogP contribution in [0.15, 0.2) is 78.0 Å². The lowest BCUT2D eigenvalue weighted by Gasteiger charge is -2.24. The van der Waals surface area contributed by atoms with Crippen LogP contribution in [-0.2, 0) is 32.2 Å². The van der Waals surface area contributed by atoms with Gasteiger partial charge in [-0.3, -0.25) is 0 Å². The van der Waals surface area contributed by atoms with Crippen LogP contribution in [-0.4, -0.2) is 38.9 Å². The molecule has 0 atom stereocenters. The number of sulfonamides is 1. The molecule has 3 aromatic rings. The van der Waals surface area contributed by atoms with E-state index in [1.807, 2.05) is 68.4 Å². The molecule has 0 saturated carbocycles. The maximum absolute atomic E-state index is 13.1. The van der Waals surface area contributed by atoms with E-state index in [-0.39, 0.29) is 16.7 Å². The lowest BCUT2D eigenvalue weighted by molar-refractivity contribution is 0.361. The van der Waals surface area contributed by atoms with Crippen LogP contribution in [0.4, 0.5) is 0 Å². The van der Waals surface area contributed by atoms with Crippen molar-refractivity contribution >= 4 is 19.9 Å². The molecule has 1 aromatic heterocycles. The summed E-state index contributed by atoms with van der Waals surface area (Å²) in [4.78, 5) is 4.03. The fourth-order valence-corrected chi connectivity index (χ4v) is 5.56. The monoisotopic (exact) mass is 472 g/mol. The molecule has 32 heavy (non-hydrogen) atoms. The first-order chi connectivity index (χ1) is 15.0. The SMILES string of the molecule is CC(C)CN(Cc1ccc(-c2ccc(S(C)(=O)=O)nc2)cc1)S(=O)(=O)Cc1ccccc1. The Bertz CT molecular complexity index is 1240. The van der Waals surface area contributed by atoms with Gasteiger partial charge in [0.25, 0.3) is 0 Å². The molecule has 0 aliphatic heterocycles. The Morgan fingerprint density at radius 2 is 1.44 bits per heavy atom. The van der Waals surface area contributed by atoms with Crippen molar-refractivity contribution in [2.24, 2.45) is 5.92 Å². The van der Waals surface area contributed by atoms with Crippen LogP contribution in [0, 0.1) is 5.92 Å². The van der Waals surface area contributed by atoms with E-state index in [0.29, 0.717) is 13.1 Å². The first kappa shape index (κ1) is 24.1. The van der Waals surface area contributed by atoms with Crippen molar-refractivity contribution in [1.29, 1.82) is 0 Å². The van der Waals surface area contributed by atoms with Crippen LogP contribution >= 0.6 is 0 Å². The quantitative estimate of drug-likeness (QED) is 0.467. The maximum atomic E-state index is 13.1. The molecule has 0 saturated heterocycles. The van der Waals surface area contributed by atoms with Crippen LogP contribution < -0.4 is 0 Å². The summed E-state index contributed by atoms with van der Waals surface area (Å²) in [6, 6.07) is 20.0. The van der Waals surface area contributed by atoms with Crippen molar-refractivity contribution in [3.05, 3.63) is 84.1 Å². The number of hydrogen-bond donors (Lipinski definition) is 0. The number of hydrogen-bond acceptors (Lipinski definition) is 5. The molecule has 8 heteroatoms. The van der Waals surface area contributed by atoms with Crippen LogP contribution in [0.2, 0.25) is 0 Å². The Balaban J connectivity index is 1.78. The summed E-state index contributed by atoms with van der Waals surface area (Å²) in [5, 5.41) is 0.0332. The van der Waals surface area contributed by atoms with E-state index in [2.05, 4.69) is 4.98 Å². The minimum Gasteiger partial charge on any atom is -0.244 e. The third-order valence-corrected chi connectivity index (χ3v) is 7.68. The summed E-state index contributed by atoms with van der Waals surface area (Å²) in [6.07, 6.45) is 2.65. The fraction of sp³-hybridized carbons (Fsp3) is 0.292. The first-order valence-corrected chi connectivity index (χ1v) is 13.8. The fourth-order valence-electron chi connectivity index (χ4n) is 3.34. The van der Waals surface area contributed by atoms with Gasteiger partial charge in [0.2, 0.25) is 10.0 Å². The molecule has 0 unspecified atom stereocenters. The highest BCUT2D eigenvalue weighted by Crippen LogP contribution is 2.22. The number of nitrogens with zero attached hydrogens (tertiary/aromatic N) is 2. The molecular weight excluding hydrogens is 444 g/mol. The summed E-state index contributed by atoms with van der Waals surface area (Å²) in [5.41, 5.74) is 3.32. The van der Waals surface area contributed by atoms with E-state index >= 15 is 0 Å². The Morgan fingerprint density at radius 1 is 0.812 bits per heavy atom. The van der Waals surface area contributed by atoms with E-state index in [0.717, 1.165) is 28.5 Å². The van der Waals surface area contributed by atoms with Gasteiger partial charge in [-0.1, -0.05) is 68.4 Å². The summed E-state index contributed by atoms with van der Waals surface area (Å²) in [6.45, 7) is 4.73. The van der Waals surface area contributed by atoms with Crippen LogP contribution in [0.25, 0.3) is 11.1 Å². The van der Waals surface area contributed by atoms with Crippen molar-refractivity contribution < 1.29 is 16.8 Å².